The maximum atomic E-state index is 12.6. The number of esters is 1. The van der Waals surface area contributed by atoms with Crippen LogP contribution in [0.3, 0.4) is 0 Å². The summed E-state index contributed by atoms with van der Waals surface area (Å²) in [5.74, 6) is -0.357. The number of hydrogen-bond donors (Lipinski definition) is 2. The minimum Gasteiger partial charge on any atom is -0.457 e. The molecule has 0 saturated carbocycles. The fourth-order valence-corrected chi connectivity index (χ4v) is 6.63. The topological polar surface area (TPSA) is 117 Å². The Morgan fingerprint density at radius 2 is 1.02 bits per heavy atom. The Morgan fingerprint density at radius 1 is 0.577 bits per heavy atom. The summed E-state index contributed by atoms with van der Waals surface area (Å²) in [5.41, 5.74) is 5.36. The van der Waals surface area contributed by atoms with Gasteiger partial charge in [0.05, 0.1) is 19.8 Å². The van der Waals surface area contributed by atoms with E-state index in [0.29, 0.717) is 6.61 Å². The third kappa shape index (κ3) is 39.9. The summed E-state index contributed by atoms with van der Waals surface area (Å²) in [5, 5.41) is 0. The standard InChI is InChI=1S/C43H82NO7P/c1-3-5-7-9-11-13-15-17-19-20-21-23-25-27-29-31-33-35-38-48-40-42(41-50-52(46,47)49-39-37-44)51-43(45)36-34-32-30-28-26-24-22-18-16-14-12-10-8-6-4-2/h18,20-22,24,26,42H,3-17,19,23,25,27-41,44H2,1-2H3,(H,46,47)/b21-20+,22-18-,26-24+/t42-/m1/s1. The third-order valence-electron chi connectivity index (χ3n) is 9.06. The van der Waals surface area contributed by atoms with E-state index in [1.807, 2.05) is 0 Å². The van der Waals surface area contributed by atoms with Crippen LogP contribution in [0.2, 0.25) is 0 Å². The molecule has 9 heteroatoms. The van der Waals surface area contributed by atoms with Gasteiger partial charge in [-0.3, -0.25) is 13.8 Å². The highest BCUT2D eigenvalue weighted by molar-refractivity contribution is 7.47. The SMILES string of the molecule is CCCCCCCC/C=C\C=C\CCCCCC(=O)O[C@H](COCCCCCCCC/C=C/CCCCCCCCCC)COP(=O)(O)OCCN. The van der Waals surface area contributed by atoms with Gasteiger partial charge in [-0.1, -0.05) is 159 Å². The fourth-order valence-electron chi connectivity index (χ4n) is 5.86. The fraction of sp³-hybridized carbons (Fsp3) is 0.837. The summed E-state index contributed by atoms with van der Waals surface area (Å²) >= 11 is 0. The molecule has 0 rings (SSSR count). The number of phosphoric ester groups is 1. The van der Waals surface area contributed by atoms with Crippen LogP contribution < -0.4 is 5.73 Å². The van der Waals surface area contributed by atoms with Gasteiger partial charge in [0.25, 0.3) is 0 Å². The maximum Gasteiger partial charge on any atom is 0.472 e. The number of rotatable bonds is 41. The Bertz CT molecular complexity index is 895. The van der Waals surface area contributed by atoms with Gasteiger partial charge in [-0.15, -0.1) is 0 Å². The second-order valence-corrected chi connectivity index (χ2v) is 15.7. The summed E-state index contributed by atoms with van der Waals surface area (Å²) < 4.78 is 33.4. The molecule has 0 bridgehead atoms. The van der Waals surface area contributed by atoms with Gasteiger partial charge < -0.3 is 20.1 Å². The van der Waals surface area contributed by atoms with E-state index < -0.39 is 13.9 Å². The minimum absolute atomic E-state index is 0.0949. The van der Waals surface area contributed by atoms with E-state index in [9.17, 15) is 14.3 Å². The molecule has 3 N–H and O–H groups in total. The first-order valence-electron chi connectivity index (χ1n) is 21.5. The molecule has 0 aliphatic heterocycles. The number of carbonyl (C=O) groups excluding carboxylic acids is 1. The summed E-state index contributed by atoms with van der Waals surface area (Å²) in [7, 11) is -4.28. The Kier molecular flexibility index (Phi) is 39.9. The van der Waals surface area contributed by atoms with Gasteiger partial charge in [0, 0.05) is 19.6 Å². The largest absolute Gasteiger partial charge is 0.472 e. The van der Waals surface area contributed by atoms with Gasteiger partial charge in [-0.05, 0) is 64.2 Å². The van der Waals surface area contributed by atoms with Crippen molar-refractivity contribution < 1.29 is 32.8 Å². The van der Waals surface area contributed by atoms with E-state index in [-0.39, 0.29) is 38.8 Å². The molecule has 306 valence electrons. The van der Waals surface area contributed by atoms with Gasteiger partial charge >= 0.3 is 13.8 Å². The van der Waals surface area contributed by atoms with Crippen molar-refractivity contribution in [2.45, 2.75) is 200 Å². The normalized spacial score (nSPS) is 13.8. The maximum absolute atomic E-state index is 12.6. The number of unbranched alkanes of at least 4 members (excludes halogenated alkanes) is 23. The van der Waals surface area contributed by atoms with E-state index in [1.54, 1.807) is 0 Å². The molecular formula is C43H82NO7P. The lowest BCUT2D eigenvalue weighted by atomic mass is 10.1. The van der Waals surface area contributed by atoms with E-state index in [2.05, 4.69) is 50.3 Å². The predicted octanol–water partition coefficient (Wildman–Crippen LogP) is 12.6. The molecular weight excluding hydrogens is 673 g/mol. The van der Waals surface area contributed by atoms with Crippen LogP contribution in [0, 0.1) is 0 Å². The molecule has 0 fully saturated rings. The summed E-state index contributed by atoms with van der Waals surface area (Å²) in [4.78, 5) is 22.4. The molecule has 0 radical (unpaired) electrons. The minimum atomic E-state index is -4.28. The highest BCUT2D eigenvalue weighted by atomic mass is 31.2. The molecule has 0 saturated heterocycles. The van der Waals surface area contributed by atoms with Crippen molar-refractivity contribution in [1.29, 1.82) is 0 Å². The zero-order chi connectivity index (χ0) is 38.1. The van der Waals surface area contributed by atoms with Gasteiger partial charge in [-0.2, -0.15) is 0 Å². The number of phosphoric acid groups is 1. The summed E-state index contributed by atoms with van der Waals surface area (Å²) in [6, 6.07) is 0. The first-order chi connectivity index (χ1) is 25.4. The van der Waals surface area contributed by atoms with Crippen molar-refractivity contribution in [2.75, 3.05) is 33.0 Å². The molecule has 1 unspecified atom stereocenters. The Morgan fingerprint density at radius 3 is 1.52 bits per heavy atom. The van der Waals surface area contributed by atoms with Crippen LogP contribution in [-0.4, -0.2) is 49.9 Å². The molecule has 0 amide bonds. The first kappa shape index (κ1) is 50.7. The van der Waals surface area contributed by atoms with E-state index in [4.69, 9.17) is 24.3 Å². The van der Waals surface area contributed by atoms with E-state index in [1.165, 1.54) is 128 Å². The number of hydrogen-bond acceptors (Lipinski definition) is 7. The highest BCUT2D eigenvalue weighted by Gasteiger charge is 2.25. The van der Waals surface area contributed by atoms with Gasteiger partial charge in [0.2, 0.25) is 0 Å². The van der Waals surface area contributed by atoms with Crippen molar-refractivity contribution >= 4 is 13.8 Å². The molecule has 0 aliphatic carbocycles. The van der Waals surface area contributed by atoms with Crippen LogP contribution in [0.4, 0.5) is 0 Å². The van der Waals surface area contributed by atoms with Crippen molar-refractivity contribution in [3.05, 3.63) is 36.5 Å². The molecule has 0 aliphatic rings. The second kappa shape index (κ2) is 40.9. The quantitative estimate of drug-likeness (QED) is 0.0208. The Balaban J connectivity index is 4.08. The lowest BCUT2D eigenvalue weighted by molar-refractivity contribution is -0.154. The molecule has 8 nitrogen and oxygen atoms in total. The monoisotopic (exact) mass is 756 g/mol. The highest BCUT2D eigenvalue weighted by Crippen LogP contribution is 2.43. The molecule has 0 aromatic carbocycles. The van der Waals surface area contributed by atoms with E-state index >= 15 is 0 Å². The lowest BCUT2D eigenvalue weighted by Gasteiger charge is -2.20. The third-order valence-corrected chi connectivity index (χ3v) is 10.0. The smallest absolute Gasteiger partial charge is 0.457 e. The molecule has 2 atom stereocenters. The molecule has 0 spiro atoms. The average molecular weight is 756 g/mol. The number of allylic oxidation sites excluding steroid dienone is 6. The van der Waals surface area contributed by atoms with Gasteiger partial charge in [0.1, 0.15) is 6.10 Å². The summed E-state index contributed by atoms with van der Waals surface area (Å²) in [6.45, 7) is 4.87. The molecule has 0 aromatic heterocycles. The molecule has 0 aromatic rings. The van der Waals surface area contributed by atoms with Crippen LogP contribution in [0.15, 0.2) is 36.5 Å². The van der Waals surface area contributed by atoms with Crippen molar-refractivity contribution in [3.63, 3.8) is 0 Å². The second-order valence-electron chi connectivity index (χ2n) is 14.2. The van der Waals surface area contributed by atoms with Crippen LogP contribution in [0.25, 0.3) is 0 Å². The zero-order valence-electron chi connectivity index (χ0n) is 33.8. The number of ether oxygens (including phenoxy) is 2. The van der Waals surface area contributed by atoms with Crippen LogP contribution in [-0.2, 0) is 27.9 Å². The molecule has 52 heavy (non-hydrogen) atoms. The Hall–Kier alpha value is -1.28. The van der Waals surface area contributed by atoms with Crippen molar-refractivity contribution in [1.82, 2.24) is 0 Å². The zero-order valence-corrected chi connectivity index (χ0v) is 34.7. The molecule has 0 heterocycles. The van der Waals surface area contributed by atoms with Crippen LogP contribution in [0.1, 0.15) is 194 Å². The summed E-state index contributed by atoms with van der Waals surface area (Å²) in [6.07, 6.45) is 45.9. The van der Waals surface area contributed by atoms with Gasteiger partial charge in [0.15, 0.2) is 0 Å². The first-order valence-corrected chi connectivity index (χ1v) is 23.0. The van der Waals surface area contributed by atoms with Crippen molar-refractivity contribution in [2.24, 2.45) is 5.73 Å². The van der Waals surface area contributed by atoms with Crippen LogP contribution in [0.5, 0.6) is 0 Å². The average Bonchev–Trinajstić information content (AvgIpc) is 3.13. The van der Waals surface area contributed by atoms with Gasteiger partial charge in [-0.25, -0.2) is 4.57 Å². The van der Waals surface area contributed by atoms with E-state index in [0.717, 1.165) is 44.9 Å². The number of nitrogens with two attached hydrogens (primary N) is 1. The number of carbonyl (C=O) groups is 1. The lowest BCUT2D eigenvalue weighted by Crippen LogP contribution is -2.28. The van der Waals surface area contributed by atoms with Crippen LogP contribution >= 0.6 is 7.82 Å². The Labute approximate surface area is 320 Å². The van der Waals surface area contributed by atoms with Crippen molar-refractivity contribution in [3.8, 4) is 0 Å². The predicted molar refractivity (Wildman–Crippen MR) is 220 cm³/mol.